The van der Waals surface area contributed by atoms with Crippen LogP contribution < -0.4 is 5.32 Å². The fourth-order valence-corrected chi connectivity index (χ4v) is 3.74. The molecule has 1 saturated heterocycles. The van der Waals surface area contributed by atoms with Crippen LogP contribution in [0.2, 0.25) is 0 Å². The summed E-state index contributed by atoms with van der Waals surface area (Å²) < 4.78 is 32.5. The highest BCUT2D eigenvalue weighted by atomic mass is 19.1. The van der Waals surface area contributed by atoms with E-state index in [1.54, 1.807) is 0 Å². The van der Waals surface area contributed by atoms with Crippen molar-refractivity contribution in [3.8, 4) is 0 Å². The van der Waals surface area contributed by atoms with Crippen LogP contribution >= 0.6 is 0 Å². The second-order valence-electron chi connectivity index (χ2n) is 7.40. The van der Waals surface area contributed by atoms with Crippen LogP contribution in [-0.4, -0.2) is 58.3 Å². The summed E-state index contributed by atoms with van der Waals surface area (Å²) in [5, 5.41) is 12.7. The number of aliphatic hydroxyl groups excluding tert-OH is 1. The average molecular weight is 419 g/mol. The molecule has 0 saturated carbocycles. The topological polar surface area (TPSA) is 108 Å². The molecule has 3 aliphatic heterocycles. The number of carbonyl (C=O) groups excluding carboxylic acids is 3. The standard InChI is InChI=1S/C20H19F2N3O5/c1-9-4-5-25-14(30-9)7-13-15(20(25)29)17(26)18(27)16(24-13)19(28)23-8-10-2-3-11(21)6-12(10)22/h2-3,6,9,14,17,26H,4-5,7-8H2,1H3,(H,23,28)/t9-,14+,17?/m1/s1. The summed E-state index contributed by atoms with van der Waals surface area (Å²) in [4.78, 5) is 43.2. The fourth-order valence-electron chi connectivity index (χ4n) is 3.74. The van der Waals surface area contributed by atoms with Crippen LogP contribution in [-0.2, 0) is 25.7 Å². The highest BCUT2D eigenvalue weighted by molar-refractivity contribution is 6.67. The molecule has 1 aromatic carbocycles. The first kappa shape index (κ1) is 20.3. The number of benzene rings is 1. The van der Waals surface area contributed by atoms with Gasteiger partial charge in [-0.05, 0) is 19.4 Å². The molecular formula is C20H19F2N3O5. The quantitative estimate of drug-likeness (QED) is 0.746. The number of nitrogens with zero attached hydrogens (tertiary/aromatic N) is 2. The number of aliphatic hydroxyl groups is 1. The molecular weight excluding hydrogens is 400 g/mol. The molecule has 3 heterocycles. The smallest absolute Gasteiger partial charge is 0.273 e. The zero-order valence-corrected chi connectivity index (χ0v) is 16.0. The number of hydrogen-bond donors (Lipinski definition) is 2. The van der Waals surface area contributed by atoms with E-state index < -0.39 is 47.3 Å². The van der Waals surface area contributed by atoms with Crippen molar-refractivity contribution in [2.75, 3.05) is 6.54 Å². The Labute approximate surface area is 170 Å². The van der Waals surface area contributed by atoms with E-state index in [2.05, 4.69) is 10.3 Å². The number of hydrogen-bond acceptors (Lipinski definition) is 6. The minimum absolute atomic E-state index is 0.0159. The van der Waals surface area contributed by atoms with Crippen LogP contribution in [0.3, 0.4) is 0 Å². The van der Waals surface area contributed by atoms with Gasteiger partial charge in [0.1, 0.15) is 17.9 Å². The molecule has 0 bridgehead atoms. The molecule has 0 spiro atoms. The van der Waals surface area contributed by atoms with Crippen LogP contribution in [0.5, 0.6) is 0 Å². The van der Waals surface area contributed by atoms with E-state index in [0.717, 1.165) is 6.07 Å². The van der Waals surface area contributed by atoms with Crippen molar-refractivity contribution in [3.63, 3.8) is 0 Å². The third-order valence-electron chi connectivity index (χ3n) is 5.36. The lowest BCUT2D eigenvalue weighted by Gasteiger charge is -2.43. The Balaban J connectivity index is 1.56. The molecule has 3 aliphatic rings. The number of ether oxygens (including phenoxy) is 1. The summed E-state index contributed by atoms with van der Waals surface area (Å²) in [5.74, 6) is -4.08. The first-order valence-corrected chi connectivity index (χ1v) is 9.49. The molecule has 0 aliphatic carbocycles. The number of amides is 2. The highest BCUT2D eigenvalue weighted by Crippen LogP contribution is 2.34. The second kappa shape index (κ2) is 7.69. The zero-order valence-electron chi connectivity index (χ0n) is 16.0. The summed E-state index contributed by atoms with van der Waals surface area (Å²) in [5.41, 5.74) is -0.577. The van der Waals surface area contributed by atoms with E-state index in [1.807, 2.05) is 6.92 Å². The third-order valence-corrected chi connectivity index (χ3v) is 5.36. The molecule has 3 atom stereocenters. The molecule has 1 fully saturated rings. The van der Waals surface area contributed by atoms with E-state index in [0.29, 0.717) is 19.0 Å². The summed E-state index contributed by atoms with van der Waals surface area (Å²) in [7, 11) is 0. The van der Waals surface area contributed by atoms with Gasteiger partial charge in [0.2, 0.25) is 5.78 Å². The van der Waals surface area contributed by atoms with Gasteiger partial charge in [-0.2, -0.15) is 0 Å². The van der Waals surface area contributed by atoms with Gasteiger partial charge >= 0.3 is 0 Å². The highest BCUT2D eigenvalue weighted by Gasteiger charge is 2.46. The first-order chi connectivity index (χ1) is 14.3. The predicted octanol–water partition coefficient (Wildman–Crippen LogP) is 0.587. The first-order valence-electron chi connectivity index (χ1n) is 9.49. The second-order valence-corrected chi connectivity index (χ2v) is 7.40. The van der Waals surface area contributed by atoms with Gasteiger partial charge in [0.15, 0.2) is 11.8 Å². The monoisotopic (exact) mass is 419 g/mol. The Bertz CT molecular complexity index is 1010. The maximum absolute atomic E-state index is 13.7. The molecule has 1 aromatic rings. The van der Waals surface area contributed by atoms with Crippen molar-refractivity contribution in [3.05, 3.63) is 46.7 Å². The number of nitrogens with one attached hydrogen (secondary N) is 1. The minimum atomic E-state index is -1.81. The number of Topliss-reactive ketones (excluding diaryl/α,β-unsaturated/α-hetero) is 1. The largest absolute Gasteiger partial charge is 0.380 e. The summed E-state index contributed by atoms with van der Waals surface area (Å²) in [6.07, 6.45) is -1.69. The van der Waals surface area contributed by atoms with E-state index >= 15 is 0 Å². The van der Waals surface area contributed by atoms with E-state index in [-0.39, 0.29) is 35.9 Å². The zero-order chi connectivity index (χ0) is 21.6. The Morgan fingerprint density at radius 1 is 1.37 bits per heavy atom. The van der Waals surface area contributed by atoms with Crippen molar-refractivity contribution in [2.45, 2.75) is 44.7 Å². The molecule has 0 aromatic heterocycles. The Morgan fingerprint density at radius 3 is 2.87 bits per heavy atom. The van der Waals surface area contributed by atoms with E-state index in [4.69, 9.17) is 4.74 Å². The van der Waals surface area contributed by atoms with E-state index in [9.17, 15) is 28.3 Å². The maximum atomic E-state index is 13.7. The van der Waals surface area contributed by atoms with Crippen molar-refractivity contribution < 1.29 is 33.0 Å². The molecule has 8 nitrogen and oxygen atoms in total. The van der Waals surface area contributed by atoms with Crippen LogP contribution in [0.25, 0.3) is 0 Å². The number of fused-ring (bicyclic) bond motifs is 1. The minimum Gasteiger partial charge on any atom is -0.380 e. The lowest BCUT2D eigenvalue weighted by atomic mass is 9.90. The predicted molar refractivity (Wildman–Crippen MR) is 99.0 cm³/mol. The molecule has 2 amide bonds. The van der Waals surface area contributed by atoms with Gasteiger partial charge in [-0.1, -0.05) is 6.07 Å². The van der Waals surface area contributed by atoms with Crippen LogP contribution in [0.1, 0.15) is 25.3 Å². The van der Waals surface area contributed by atoms with Crippen LogP contribution in [0.15, 0.2) is 34.5 Å². The molecule has 0 radical (unpaired) electrons. The van der Waals surface area contributed by atoms with Gasteiger partial charge in [-0.25, -0.2) is 13.8 Å². The molecule has 158 valence electrons. The van der Waals surface area contributed by atoms with E-state index in [1.165, 1.54) is 11.0 Å². The molecule has 1 unspecified atom stereocenters. The van der Waals surface area contributed by atoms with Crippen molar-refractivity contribution >= 4 is 23.3 Å². The van der Waals surface area contributed by atoms with Gasteiger partial charge in [0, 0.05) is 31.1 Å². The van der Waals surface area contributed by atoms with Gasteiger partial charge in [-0.15, -0.1) is 0 Å². The summed E-state index contributed by atoms with van der Waals surface area (Å²) in [6.45, 7) is 2.00. The Hall–Kier alpha value is -2.98. The van der Waals surface area contributed by atoms with Crippen LogP contribution in [0.4, 0.5) is 8.78 Å². The third kappa shape index (κ3) is 3.52. The van der Waals surface area contributed by atoms with Gasteiger partial charge in [0.05, 0.1) is 17.4 Å². The normalized spacial score (nSPS) is 26.2. The van der Waals surface area contributed by atoms with Crippen LogP contribution in [0, 0.1) is 11.6 Å². The maximum Gasteiger partial charge on any atom is 0.273 e. The molecule has 2 N–H and O–H groups in total. The molecule has 4 rings (SSSR count). The van der Waals surface area contributed by atoms with Gasteiger partial charge in [0.25, 0.3) is 11.8 Å². The summed E-state index contributed by atoms with van der Waals surface area (Å²) in [6, 6.07) is 2.89. The van der Waals surface area contributed by atoms with Crippen molar-refractivity contribution in [1.82, 2.24) is 10.2 Å². The Kier molecular flexibility index (Phi) is 5.20. The van der Waals surface area contributed by atoms with Crippen molar-refractivity contribution in [1.29, 1.82) is 0 Å². The number of carbonyl (C=O) groups is 3. The SMILES string of the molecule is C[C@@H]1CCN2C(=O)C3=C(C[C@@H]2O1)N=C(C(=O)NCc1ccc(F)cc1F)C(=O)C3O. The van der Waals surface area contributed by atoms with Gasteiger partial charge < -0.3 is 20.1 Å². The molecule has 30 heavy (non-hydrogen) atoms. The van der Waals surface area contributed by atoms with Crippen molar-refractivity contribution in [2.24, 2.45) is 4.99 Å². The lowest BCUT2D eigenvalue weighted by molar-refractivity contribution is -0.166. The number of ketones is 1. The lowest BCUT2D eigenvalue weighted by Crippen LogP contribution is -2.55. The fraction of sp³-hybridized carbons (Fsp3) is 0.400. The number of aliphatic imine (C=N–C) groups is 1. The number of rotatable bonds is 3. The molecule has 10 heteroatoms. The summed E-state index contributed by atoms with van der Waals surface area (Å²) >= 11 is 0. The Morgan fingerprint density at radius 2 is 2.13 bits per heavy atom. The number of halogens is 2. The average Bonchev–Trinajstić information content (AvgIpc) is 2.69. The van der Waals surface area contributed by atoms with Gasteiger partial charge in [-0.3, -0.25) is 14.4 Å².